The van der Waals surface area contributed by atoms with E-state index in [2.05, 4.69) is 65.2 Å². The van der Waals surface area contributed by atoms with Gasteiger partial charge in [-0.05, 0) is 84.3 Å². The summed E-state index contributed by atoms with van der Waals surface area (Å²) in [4.78, 5) is 15.2. The molecule has 5 heteroatoms. The number of benzene rings is 5. The predicted molar refractivity (Wildman–Crippen MR) is 173 cm³/mol. The molecule has 0 radical (unpaired) electrons. The van der Waals surface area contributed by atoms with Gasteiger partial charge in [-0.3, -0.25) is 4.57 Å². The van der Waals surface area contributed by atoms with Crippen LogP contribution in [-0.4, -0.2) is 19.5 Å². The second-order valence-corrected chi connectivity index (χ2v) is 12.7. The molecular weight excluding hydrogens is 533 g/mol. The van der Waals surface area contributed by atoms with Gasteiger partial charge in [0.15, 0.2) is 11.6 Å². The van der Waals surface area contributed by atoms with Crippen LogP contribution in [0.3, 0.4) is 0 Å². The van der Waals surface area contributed by atoms with E-state index in [1.165, 1.54) is 71.6 Å². The summed E-state index contributed by atoms with van der Waals surface area (Å²) in [5, 5.41) is 5.27. The van der Waals surface area contributed by atoms with Gasteiger partial charge in [-0.1, -0.05) is 60.7 Å². The van der Waals surface area contributed by atoms with Crippen molar-refractivity contribution < 1.29 is 0 Å². The number of thiophene rings is 1. The zero-order valence-corrected chi connectivity index (χ0v) is 23.6. The van der Waals surface area contributed by atoms with Crippen molar-refractivity contribution in [1.82, 2.24) is 19.5 Å². The van der Waals surface area contributed by atoms with Crippen LogP contribution >= 0.6 is 11.3 Å². The highest BCUT2D eigenvalue weighted by Crippen LogP contribution is 2.43. The molecule has 3 aromatic heterocycles. The maximum Gasteiger partial charge on any atom is 0.238 e. The molecule has 0 amide bonds. The van der Waals surface area contributed by atoms with E-state index in [0.29, 0.717) is 17.6 Å². The van der Waals surface area contributed by atoms with E-state index in [9.17, 15) is 0 Å². The van der Waals surface area contributed by atoms with Gasteiger partial charge in [-0.25, -0.2) is 4.98 Å². The lowest BCUT2D eigenvalue weighted by Gasteiger charge is -2.19. The topological polar surface area (TPSA) is 43.6 Å². The molecule has 0 saturated carbocycles. The van der Waals surface area contributed by atoms with E-state index in [1.54, 1.807) is 0 Å². The Balaban J connectivity index is 1.31. The van der Waals surface area contributed by atoms with E-state index in [-0.39, 0.29) is 0 Å². The fourth-order valence-electron chi connectivity index (χ4n) is 6.78. The van der Waals surface area contributed by atoms with Gasteiger partial charge in [0.25, 0.3) is 0 Å². The summed E-state index contributed by atoms with van der Waals surface area (Å²) in [6.45, 7) is 0. The highest BCUT2D eigenvalue weighted by atomic mass is 32.1. The van der Waals surface area contributed by atoms with Crippen molar-refractivity contribution in [2.24, 2.45) is 0 Å². The van der Waals surface area contributed by atoms with Crippen LogP contribution in [0.1, 0.15) is 22.3 Å². The fraction of sp³-hybridized carbons (Fsp3) is 0.108. The average molecular weight is 557 g/mol. The van der Waals surface area contributed by atoms with Crippen LogP contribution in [0.2, 0.25) is 0 Å². The van der Waals surface area contributed by atoms with E-state index in [1.807, 2.05) is 47.7 Å². The second-order valence-electron chi connectivity index (χ2n) is 11.6. The van der Waals surface area contributed by atoms with Crippen molar-refractivity contribution in [3.8, 4) is 28.7 Å². The van der Waals surface area contributed by atoms with Crippen LogP contribution in [0.4, 0.5) is 0 Å². The highest BCUT2D eigenvalue weighted by molar-refractivity contribution is 7.25. The number of nitrogens with zero attached hydrogens (tertiary/aromatic N) is 4. The Morgan fingerprint density at radius 1 is 0.476 bits per heavy atom. The molecule has 0 saturated heterocycles. The second kappa shape index (κ2) is 8.34. The minimum absolute atomic E-state index is 0.657. The van der Waals surface area contributed by atoms with Crippen molar-refractivity contribution in [3.05, 3.63) is 119 Å². The van der Waals surface area contributed by atoms with Crippen molar-refractivity contribution in [3.63, 3.8) is 0 Å². The first kappa shape index (κ1) is 22.8. The molecule has 198 valence electrons. The third kappa shape index (κ3) is 3.20. The van der Waals surface area contributed by atoms with Gasteiger partial charge < -0.3 is 0 Å². The van der Waals surface area contributed by atoms with Crippen molar-refractivity contribution in [2.75, 3.05) is 0 Å². The number of aryl methyl sites for hydroxylation is 4. The molecule has 2 aliphatic rings. The Kier molecular flexibility index (Phi) is 4.52. The normalized spacial score (nSPS) is 13.8. The Hall–Kier alpha value is -4.87. The zero-order chi connectivity index (χ0) is 27.4. The molecule has 0 N–H and O–H groups in total. The average Bonchev–Trinajstić information content (AvgIpc) is 3.52. The quantitative estimate of drug-likeness (QED) is 0.218. The predicted octanol–water partition coefficient (Wildman–Crippen LogP) is 8.87. The third-order valence-electron chi connectivity index (χ3n) is 9.21. The summed E-state index contributed by atoms with van der Waals surface area (Å²) in [5.74, 6) is 2.02. The number of hydrogen-bond acceptors (Lipinski definition) is 4. The van der Waals surface area contributed by atoms with Crippen LogP contribution in [-0.2, 0) is 25.7 Å². The third-order valence-corrected chi connectivity index (χ3v) is 10.3. The smallest absolute Gasteiger partial charge is 0.238 e. The zero-order valence-electron chi connectivity index (χ0n) is 22.8. The summed E-state index contributed by atoms with van der Waals surface area (Å²) >= 11 is 1.90. The monoisotopic (exact) mass is 556 g/mol. The Bertz CT molecular complexity index is 2340. The first-order valence-electron chi connectivity index (χ1n) is 14.6. The molecule has 0 fully saturated rings. The lowest BCUT2D eigenvalue weighted by molar-refractivity contribution is 0.842. The first-order valence-corrected chi connectivity index (χ1v) is 15.4. The van der Waals surface area contributed by atoms with Crippen LogP contribution in [0.15, 0.2) is 97.1 Å². The standard InChI is InChI=1S/C37H24N4S/c1-3-7-21(8-4-1)35-38-36(22-9-5-2-6-10-22)40-37(39-35)41-31-17-25-13-11-23(25)15-27(31)28-19-30-29-16-24-12-14-26(24)18-33(29)42-34(30)20-32(28)41/h1-10,15-20H,11-14H2. The van der Waals surface area contributed by atoms with E-state index < -0.39 is 0 Å². The highest BCUT2D eigenvalue weighted by Gasteiger charge is 2.23. The minimum Gasteiger partial charge on any atom is -0.278 e. The fourth-order valence-corrected chi connectivity index (χ4v) is 7.95. The number of aromatic nitrogens is 4. The molecule has 2 aliphatic carbocycles. The molecule has 0 unspecified atom stereocenters. The molecule has 8 aromatic rings. The van der Waals surface area contributed by atoms with Gasteiger partial charge in [0.05, 0.1) is 11.0 Å². The SMILES string of the molecule is c1ccc(-c2nc(-c3ccccc3)nc(-n3c4cc5c(cc4c4cc6c(cc43)sc3cc4c(cc36)CC4)CC5)n2)cc1. The summed E-state index contributed by atoms with van der Waals surface area (Å²) in [6.07, 6.45) is 4.67. The van der Waals surface area contributed by atoms with Crippen LogP contribution in [0.25, 0.3) is 70.7 Å². The lowest BCUT2D eigenvalue weighted by Crippen LogP contribution is -2.09. The number of fused-ring (bicyclic) bond motifs is 8. The Morgan fingerprint density at radius 2 is 0.976 bits per heavy atom. The van der Waals surface area contributed by atoms with E-state index in [4.69, 9.17) is 15.0 Å². The molecular formula is C37H24N4S. The van der Waals surface area contributed by atoms with Gasteiger partial charge in [0.1, 0.15) is 0 Å². The lowest BCUT2D eigenvalue weighted by atomic mass is 9.87. The maximum absolute atomic E-state index is 5.14. The molecule has 4 nitrogen and oxygen atoms in total. The number of hydrogen-bond donors (Lipinski definition) is 0. The Labute approximate surface area is 245 Å². The van der Waals surface area contributed by atoms with Gasteiger partial charge in [0, 0.05) is 42.1 Å². The van der Waals surface area contributed by atoms with Gasteiger partial charge >= 0.3 is 0 Å². The van der Waals surface area contributed by atoms with Gasteiger partial charge in [-0.15, -0.1) is 11.3 Å². The maximum atomic E-state index is 5.14. The molecule has 0 spiro atoms. The molecule has 10 rings (SSSR count). The van der Waals surface area contributed by atoms with Crippen molar-refractivity contribution in [1.29, 1.82) is 0 Å². The summed E-state index contributed by atoms with van der Waals surface area (Å²) in [7, 11) is 0. The molecule has 0 bridgehead atoms. The van der Waals surface area contributed by atoms with Crippen LogP contribution < -0.4 is 0 Å². The Morgan fingerprint density at radius 3 is 1.62 bits per heavy atom. The molecule has 42 heavy (non-hydrogen) atoms. The molecule has 0 aliphatic heterocycles. The summed E-state index contributed by atoms with van der Waals surface area (Å²) in [6, 6.07) is 34.9. The van der Waals surface area contributed by atoms with Crippen molar-refractivity contribution >= 4 is 53.3 Å². The summed E-state index contributed by atoms with van der Waals surface area (Å²) in [5.41, 5.74) is 10.2. The molecule has 0 atom stereocenters. The molecule has 3 heterocycles. The number of rotatable bonds is 3. The van der Waals surface area contributed by atoms with E-state index >= 15 is 0 Å². The minimum atomic E-state index is 0.657. The van der Waals surface area contributed by atoms with Gasteiger partial charge in [0.2, 0.25) is 5.95 Å². The van der Waals surface area contributed by atoms with Gasteiger partial charge in [-0.2, -0.15) is 9.97 Å². The van der Waals surface area contributed by atoms with Crippen LogP contribution in [0.5, 0.6) is 0 Å². The largest absolute Gasteiger partial charge is 0.278 e. The van der Waals surface area contributed by atoms with E-state index in [0.717, 1.165) is 29.5 Å². The molecule has 5 aromatic carbocycles. The summed E-state index contributed by atoms with van der Waals surface area (Å²) < 4.78 is 4.97. The first-order chi connectivity index (χ1) is 20.8. The van der Waals surface area contributed by atoms with Crippen LogP contribution in [0, 0.1) is 0 Å². The van der Waals surface area contributed by atoms with Crippen molar-refractivity contribution in [2.45, 2.75) is 25.7 Å².